The Bertz CT molecular complexity index is 458. The van der Waals surface area contributed by atoms with E-state index in [2.05, 4.69) is 15.4 Å². The minimum atomic E-state index is -2.49. The summed E-state index contributed by atoms with van der Waals surface area (Å²) < 4.78 is 28.3. The van der Waals surface area contributed by atoms with Gasteiger partial charge in [-0.2, -0.15) is 0 Å². The summed E-state index contributed by atoms with van der Waals surface area (Å²) in [7, 11) is 0. The Morgan fingerprint density at radius 2 is 2.25 bits per heavy atom. The molecule has 0 aromatic heterocycles. The summed E-state index contributed by atoms with van der Waals surface area (Å²) in [6.07, 6.45) is -1.48. The van der Waals surface area contributed by atoms with Crippen molar-refractivity contribution in [3.63, 3.8) is 0 Å². The number of carbonyl (C=O) groups is 1. The van der Waals surface area contributed by atoms with E-state index in [1.165, 1.54) is 5.56 Å². The van der Waals surface area contributed by atoms with Crippen molar-refractivity contribution in [1.29, 1.82) is 0 Å². The number of nitrogens with one attached hydrogen (secondary N) is 2. The van der Waals surface area contributed by atoms with Crippen molar-refractivity contribution in [2.45, 2.75) is 19.3 Å². The van der Waals surface area contributed by atoms with Crippen LogP contribution in [0.4, 0.5) is 20.2 Å². The highest BCUT2D eigenvalue weighted by Crippen LogP contribution is 2.25. The minimum absolute atomic E-state index is 0. The lowest BCUT2D eigenvalue weighted by molar-refractivity contribution is -0.117. The summed E-state index contributed by atoms with van der Waals surface area (Å²) in [5.74, 6) is -0.236. The normalized spacial score (nSPS) is 12.6. The molecule has 1 aliphatic rings. The molecular formula is C13H17ClF2N2O2. The van der Waals surface area contributed by atoms with Gasteiger partial charge in [0.2, 0.25) is 5.91 Å². The second kappa shape index (κ2) is 8.01. The van der Waals surface area contributed by atoms with Crippen molar-refractivity contribution in [2.24, 2.45) is 0 Å². The smallest absolute Gasteiger partial charge is 0.261 e. The molecule has 0 radical (unpaired) electrons. The molecule has 0 spiro atoms. The van der Waals surface area contributed by atoms with Crippen LogP contribution in [0.3, 0.4) is 0 Å². The number of amides is 1. The maximum absolute atomic E-state index is 11.8. The fourth-order valence-corrected chi connectivity index (χ4v) is 1.94. The number of carbonyl (C=O) groups excluding carboxylic acids is 1. The Balaban J connectivity index is 0.00000200. The van der Waals surface area contributed by atoms with E-state index in [1.807, 2.05) is 18.2 Å². The Morgan fingerprint density at radius 1 is 1.45 bits per heavy atom. The number of halogens is 3. The molecule has 1 aromatic carbocycles. The Morgan fingerprint density at radius 3 is 3.00 bits per heavy atom. The van der Waals surface area contributed by atoms with Crippen LogP contribution >= 0.6 is 12.4 Å². The van der Waals surface area contributed by atoms with Crippen molar-refractivity contribution in [3.05, 3.63) is 23.8 Å². The summed E-state index contributed by atoms with van der Waals surface area (Å²) in [6.45, 7) is 0.286. The molecular weight excluding hydrogens is 290 g/mol. The summed E-state index contributed by atoms with van der Waals surface area (Å²) in [5.41, 5.74) is 2.99. The Labute approximate surface area is 122 Å². The lowest BCUT2D eigenvalue weighted by Crippen LogP contribution is -2.15. The lowest BCUT2D eigenvalue weighted by atomic mass is 10.1. The molecule has 1 aliphatic heterocycles. The van der Waals surface area contributed by atoms with Crippen LogP contribution in [0, 0.1) is 0 Å². The third-order valence-corrected chi connectivity index (χ3v) is 2.82. The quantitative estimate of drug-likeness (QED) is 0.795. The van der Waals surface area contributed by atoms with Crippen molar-refractivity contribution in [2.75, 3.05) is 30.4 Å². The third kappa shape index (κ3) is 4.94. The van der Waals surface area contributed by atoms with Gasteiger partial charge < -0.3 is 15.4 Å². The van der Waals surface area contributed by atoms with E-state index in [1.54, 1.807) is 0 Å². The molecule has 0 saturated heterocycles. The fraction of sp³-hybridized carbons (Fsp3) is 0.462. The van der Waals surface area contributed by atoms with Gasteiger partial charge in [0.25, 0.3) is 6.43 Å². The second-order valence-corrected chi connectivity index (χ2v) is 4.31. The van der Waals surface area contributed by atoms with E-state index >= 15 is 0 Å². The van der Waals surface area contributed by atoms with Crippen molar-refractivity contribution in [1.82, 2.24) is 0 Å². The number of fused-ring (bicyclic) bond motifs is 1. The predicted molar refractivity (Wildman–Crippen MR) is 76.0 cm³/mol. The van der Waals surface area contributed by atoms with Crippen LogP contribution in [0.25, 0.3) is 0 Å². The highest BCUT2D eigenvalue weighted by molar-refractivity contribution is 5.91. The van der Waals surface area contributed by atoms with Gasteiger partial charge in [0.15, 0.2) is 0 Å². The van der Waals surface area contributed by atoms with Crippen molar-refractivity contribution < 1.29 is 18.3 Å². The lowest BCUT2D eigenvalue weighted by Gasteiger charge is -2.07. The molecule has 2 N–H and O–H groups in total. The molecule has 0 saturated carbocycles. The number of anilines is 2. The molecule has 2 rings (SSSR count). The van der Waals surface area contributed by atoms with Crippen LogP contribution in [-0.4, -0.2) is 32.1 Å². The van der Waals surface area contributed by atoms with Crippen LogP contribution in [0.1, 0.15) is 12.0 Å². The average molecular weight is 307 g/mol. The molecule has 4 nitrogen and oxygen atoms in total. The van der Waals surface area contributed by atoms with Crippen molar-refractivity contribution in [3.8, 4) is 0 Å². The first-order chi connectivity index (χ1) is 9.15. The van der Waals surface area contributed by atoms with Gasteiger partial charge >= 0.3 is 0 Å². The molecule has 112 valence electrons. The van der Waals surface area contributed by atoms with Crippen molar-refractivity contribution >= 4 is 29.7 Å². The summed E-state index contributed by atoms with van der Waals surface area (Å²) in [5, 5.41) is 5.95. The van der Waals surface area contributed by atoms with Gasteiger partial charge in [-0.25, -0.2) is 8.78 Å². The zero-order valence-electron chi connectivity index (χ0n) is 10.8. The monoisotopic (exact) mass is 306 g/mol. The van der Waals surface area contributed by atoms with Crippen LogP contribution in [0.5, 0.6) is 0 Å². The zero-order chi connectivity index (χ0) is 13.7. The summed E-state index contributed by atoms with van der Waals surface area (Å²) >= 11 is 0. The average Bonchev–Trinajstić information content (AvgIpc) is 2.82. The van der Waals surface area contributed by atoms with Gasteiger partial charge in [0, 0.05) is 17.9 Å². The molecule has 0 bridgehead atoms. The second-order valence-electron chi connectivity index (χ2n) is 4.31. The Hall–Kier alpha value is -1.40. The minimum Gasteiger partial charge on any atom is -0.384 e. The first-order valence-corrected chi connectivity index (χ1v) is 6.17. The maximum Gasteiger partial charge on any atom is 0.261 e. The molecule has 1 amide bonds. The molecule has 0 atom stereocenters. The van der Waals surface area contributed by atoms with Crippen LogP contribution < -0.4 is 10.6 Å². The fourth-order valence-electron chi connectivity index (χ4n) is 1.94. The molecule has 0 unspecified atom stereocenters. The topological polar surface area (TPSA) is 50.4 Å². The number of hydrogen-bond acceptors (Lipinski definition) is 3. The number of benzene rings is 1. The number of alkyl halides is 2. The standard InChI is InChI=1S/C13H16F2N2O2.ClH/c14-12(15)8-19-6-4-13(18)17-10-1-2-11-9(7-10)3-5-16-11;/h1-2,7,12,16H,3-6,8H2,(H,17,18);1H. The van der Waals surface area contributed by atoms with Gasteiger partial charge in [-0.05, 0) is 30.2 Å². The largest absolute Gasteiger partial charge is 0.384 e. The van der Waals surface area contributed by atoms with E-state index in [9.17, 15) is 13.6 Å². The van der Waals surface area contributed by atoms with E-state index in [-0.39, 0.29) is 31.3 Å². The number of ether oxygens (including phenoxy) is 1. The van der Waals surface area contributed by atoms with E-state index in [0.717, 1.165) is 24.3 Å². The molecule has 1 aromatic rings. The van der Waals surface area contributed by atoms with Gasteiger partial charge in [0.05, 0.1) is 13.0 Å². The molecule has 1 heterocycles. The first kappa shape index (κ1) is 16.7. The molecule has 20 heavy (non-hydrogen) atoms. The predicted octanol–water partition coefficient (Wildman–Crippen LogP) is 2.69. The van der Waals surface area contributed by atoms with Gasteiger partial charge in [-0.3, -0.25) is 4.79 Å². The van der Waals surface area contributed by atoms with E-state index in [0.29, 0.717) is 0 Å². The van der Waals surface area contributed by atoms with Crippen LogP contribution in [-0.2, 0) is 16.0 Å². The van der Waals surface area contributed by atoms with Gasteiger partial charge in [-0.15, -0.1) is 12.4 Å². The highest BCUT2D eigenvalue weighted by Gasteiger charge is 2.11. The van der Waals surface area contributed by atoms with Gasteiger partial charge in [0.1, 0.15) is 6.61 Å². The third-order valence-electron chi connectivity index (χ3n) is 2.82. The summed E-state index contributed by atoms with van der Waals surface area (Å²) in [4.78, 5) is 11.6. The molecule has 7 heteroatoms. The molecule has 0 aliphatic carbocycles. The molecule has 0 fully saturated rings. The van der Waals surface area contributed by atoms with E-state index in [4.69, 9.17) is 0 Å². The zero-order valence-corrected chi connectivity index (χ0v) is 11.6. The van der Waals surface area contributed by atoms with E-state index < -0.39 is 13.0 Å². The van der Waals surface area contributed by atoms with Gasteiger partial charge in [-0.1, -0.05) is 0 Å². The SMILES string of the molecule is Cl.O=C(CCOCC(F)F)Nc1ccc2c(c1)CCN2. The van der Waals surface area contributed by atoms with Crippen LogP contribution in [0.15, 0.2) is 18.2 Å². The Kier molecular flexibility index (Phi) is 6.67. The highest BCUT2D eigenvalue weighted by atomic mass is 35.5. The maximum atomic E-state index is 11.8. The summed E-state index contributed by atoms with van der Waals surface area (Å²) in [6, 6.07) is 5.66. The van der Waals surface area contributed by atoms with Crippen LogP contribution in [0.2, 0.25) is 0 Å². The number of rotatable bonds is 6. The first-order valence-electron chi connectivity index (χ1n) is 6.17. The number of hydrogen-bond donors (Lipinski definition) is 2.